The molecule has 2 heterocycles. The summed E-state index contributed by atoms with van der Waals surface area (Å²) in [6.45, 7) is 2.85. The molecule has 7 nitrogen and oxygen atoms in total. The number of aliphatic hydroxyl groups excluding tert-OH is 1. The molecular formula is C24H25ClN4O3. The highest BCUT2D eigenvalue weighted by molar-refractivity contribution is 6.30. The highest BCUT2D eigenvalue weighted by Crippen LogP contribution is 2.23. The summed E-state index contributed by atoms with van der Waals surface area (Å²) in [5, 5.41) is 24.9. The van der Waals surface area contributed by atoms with Crippen molar-refractivity contribution >= 4 is 28.5 Å². The fraction of sp³-hybridized carbons (Fsp3) is 0.250. The lowest BCUT2D eigenvalue weighted by atomic mass is 10.0. The Morgan fingerprint density at radius 2 is 2.06 bits per heavy atom. The molecule has 2 atom stereocenters. The van der Waals surface area contributed by atoms with Crippen molar-refractivity contribution in [2.45, 2.75) is 32.2 Å². The van der Waals surface area contributed by atoms with Crippen molar-refractivity contribution in [1.29, 1.82) is 0 Å². The van der Waals surface area contributed by atoms with Crippen molar-refractivity contribution in [3.05, 3.63) is 89.1 Å². The molecule has 8 heteroatoms. The number of aromatic nitrogens is 3. The summed E-state index contributed by atoms with van der Waals surface area (Å²) in [6.07, 6.45) is 5.23. The molecule has 3 N–H and O–H groups in total. The molecule has 0 spiro atoms. The van der Waals surface area contributed by atoms with Crippen LogP contribution in [-0.2, 0) is 13.1 Å². The number of benzene rings is 2. The first-order chi connectivity index (χ1) is 15.4. The number of aliphatic hydroxyl groups is 1. The van der Waals surface area contributed by atoms with Gasteiger partial charge in [-0.2, -0.15) is 0 Å². The Labute approximate surface area is 190 Å². The average molecular weight is 453 g/mol. The summed E-state index contributed by atoms with van der Waals surface area (Å²) in [4.78, 5) is 15.8. The van der Waals surface area contributed by atoms with E-state index in [1.165, 1.54) is 0 Å². The van der Waals surface area contributed by atoms with Crippen LogP contribution in [0, 0.1) is 0 Å². The molecule has 0 fully saturated rings. The lowest BCUT2D eigenvalue weighted by molar-refractivity contribution is 0.0685. The minimum absolute atomic E-state index is 0.119. The van der Waals surface area contributed by atoms with Crippen LogP contribution in [0.15, 0.2) is 67.3 Å². The van der Waals surface area contributed by atoms with E-state index in [0.717, 1.165) is 28.5 Å². The molecule has 4 aromatic rings. The van der Waals surface area contributed by atoms with Crippen LogP contribution in [0.2, 0.25) is 5.02 Å². The van der Waals surface area contributed by atoms with Gasteiger partial charge in [0.15, 0.2) is 0 Å². The van der Waals surface area contributed by atoms with Crippen LogP contribution in [-0.4, -0.2) is 42.9 Å². The molecule has 2 aromatic carbocycles. The molecule has 0 radical (unpaired) electrons. The van der Waals surface area contributed by atoms with Gasteiger partial charge >= 0.3 is 5.97 Å². The predicted octanol–water partition coefficient (Wildman–Crippen LogP) is 3.95. The van der Waals surface area contributed by atoms with Crippen molar-refractivity contribution < 1.29 is 15.0 Å². The molecule has 2 aromatic heterocycles. The van der Waals surface area contributed by atoms with Crippen LogP contribution >= 0.6 is 11.6 Å². The lowest BCUT2D eigenvalue weighted by Gasteiger charge is -2.18. The summed E-state index contributed by atoms with van der Waals surface area (Å²) in [5.41, 5.74) is 2.96. The number of aromatic carboxylic acids is 1. The number of hydrogen-bond acceptors (Lipinski definition) is 4. The highest BCUT2D eigenvalue weighted by Gasteiger charge is 2.16. The van der Waals surface area contributed by atoms with Gasteiger partial charge in [-0.1, -0.05) is 29.8 Å². The Bertz CT molecular complexity index is 1220. The van der Waals surface area contributed by atoms with Crippen LogP contribution < -0.4 is 5.32 Å². The van der Waals surface area contributed by atoms with Crippen LogP contribution in [0.25, 0.3) is 10.9 Å². The zero-order valence-corrected chi connectivity index (χ0v) is 18.4. The summed E-state index contributed by atoms with van der Waals surface area (Å²) < 4.78 is 3.60. The minimum Gasteiger partial charge on any atom is -0.477 e. The number of halogens is 1. The smallest absolute Gasteiger partial charge is 0.352 e. The van der Waals surface area contributed by atoms with E-state index in [2.05, 4.69) is 17.2 Å². The van der Waals surface area contributed by atoms with Gasteiger partial charge in [0.25, 0.3) is 0 Å². The monoisotopic (exact) mass is 452 g/mol. The normalized spacial score (nSPS) is 13.3. The minimum atomic E-state index is -0.965. The van der Waals surface area contributed by atoms with E-state index in [1.54, 1.807) is 41.5 Å². The number of imidazole rings is 1. The number of nitrogens with one attached hydrogen (secondary N) is 1. The molecular weight excluding hydrogens is 428 g/mol. The molecule has 32 heavy (non-hydrogen) atoms. The van der Waals surface area contributed by atoms with E-state index in [1.807, 2.05) is 34.9 Å². The van der Waals surface area contributed by atoms with Crippen LogP contribution in [0.5, 0.6) is 0 Å². The van der Waals surface area contributed by atoms with Gasteiger partial charge in [-0.15, -0.1) is 0 Å². The topological polar surface area (TPSA) is 92.3 Å². The molecule has 0 saturated carbocycles. The van der Waals surface area contributed by atoms with Crippen molar-refractivity contribution in [2.24, 2.45) is 0 Å². The second kappa shape index (κ2) is 9.56. The predicted molar refractivity (Wildman–Crippen MR) is 124 cm³/mol. The number of fused-ring (bicyclic) bond motifs is 1. The van der Waals surface area contributed by atoms with Crippen LogP contribution in [0.1, 0.15) is 34.6 Å². The first-order valence-corrected chi connectivity index (χ1v) is 10.8. The Kier molecular flexibility index (Phi) is 6.60. The van der Waals surface area contributed by atoms with E-state index in [9.17, 15) is 15.0 Å². The van der Waals surface area contributed by atoms with Crippen molar-refractivity contribution in [1.82, 2.24) is 19.4 Å². The number of carbonyl (C=O) groups is 1. The third-order valence-corrected chi connectivity index (χ3v) is 5.72. The number of rotatable bonds is 9. The van der Waals surface area contributed by atoms with E-state index in [-0.39, 0.29) is 11.7 Å². The molecule has 0 amide bonds. The molecule has 0 saturated heterocycles. The SMILES string of the molecule is CC(Cc1ccc2c(c1)cc(C(=O)O)n2Cn1ccnc1)NCC(O)c1cccc(Cl)c1. The van der Waals surface area contributed by atoms with Gasteiger partial charge in [0, 0.05) is 35.4 Å². The highest BCUT2D eigenvalue weighted by atomic mass is 35.5. The zero-order chi connectivity index (χ0) is 22.7. The maximum absolute atomic E-state index is 11.8. The number of nitrogens with zero attached hydrogens (tertiary/aromatic N) is 3. The maximum Gasteiger partial charge on any atom is 0.352 e. The largest absolute Gasteiger partial charge is 0.477 e. The van der Waals surface area contributed by atoms with Crippen LogP contribution in [0.3, 0.4) is 0 Å². The average Bonchev–Trinajstić information content (AvgIpc) is 3.40. The van der Waals surface area contributed by atoms with Gasteiger partial charge in [0.2, 0.25) is 0 Å². The summed E-state index contributed by atoms with van der Waals surface area (Å²) in [7, 11) is 0. The molecule has 2 unspecified atom stereocenters. The van der Waals surface area contributed by atoms with Crippen LogP contribution in [0.4, 0.5) is 0 Å². The Balaban J connectivity index is 1.46. The second-order valence-corrected chi connectivity index (χ2v) is 8.39. The van der Waals surface area contributed by atoms with E-state index >= 15 is 0 Å². The Morgan fingerprint density at radius 3 is 2.78 bits per heavy atom. The second-order valence-electron chi connectivity index (χ2n) is 7.96. The molecule has 0 bridgehead atoms. The molecule has 4 rings (SSSR count). The molecule has 0 aliphatic rings. The van der Waals surface area contributed by atoms with Gasteiger partial charge in [-0.25, -0.2) is 9.78 Å². The maximum atomic E-state index is 11.8. The third kappa shape index (κ3) is 5.02. The number of carboxylic acids is 1. The standard InChI is InChI=1S/C24H25ClN4O3/c1-16(27-13-23(30)18-3-2-4-20(25)11-18)9-17-5-6-21-19(10-17)12-22(24(31)32)29(21)15-28-8-7-26-14-28/h2-8,10-12,14,16,23,27,30H,9,13,15H2,1H3,(H,31,32). The first kappa shape index (κ1) is 22.1. The first-order valence-electron chi connectivity index (χ1n) is 10.4. The molecule has 166 valence electrons. The third-order valence-electron chi connectivity index (χ3n) is 5.48. The number of hydrogen-bond donors (Lipinski definition) is 3. The van der Waals surface area contributed by atoms with Crippen molar-refractivity contribution in [3.63, 3.8) is 0 Å². The fourth-order valence-electron chi connectivity index (χ4n) is 3.88. The fourth-order valence-corrected chi connectivity index (χ4v) is 4.08. The summed E-state index contributed by atoms with van der Waals surface area (Å²) in [6, 6.07) is 15.1. The van der Waals surface area contributed by atoms with E-state index < -0.39 is 12.1 Å². The Hall–Kier alpha value is -3.13. The summed E-state index contributed by atoms with van der Waals surface area (Å²) >= 11 is 6.00. The van der Waals surface area contributed by atoms with Crippen molar-refractivity contribution in [3.8, 4) is 0 Å². The summed E-state index contributed by atoms with van der Waals surface area (Å²) in [5.74, 6) is -0.965. The Morgan fingerprint density at radius 1 is 1.22 bits per heavy atom. The number of carboxylic acid groups (broad SMARTS) is 1. The van der Waals surface area contributed by atoms with Gasteiger partial charge in [0.05, 0.1) is 17.9 Å². The van der Waals surface area contributed by atoms with Gasteiger partial charge in [-0.05, 0) is 54.8 Å². The zero-order valence-electron chi connectivity index (χ0n) is 17.6. The van der Waals surface area contributed by atoms with Gasteiger partial charge in [-0.3, -0.25) is 0 Å². The lowest BCUT2D eigenvalue weighted by Crippen LogP contribution is -2.32. The van der Waals surface area contributed by atoms with Crippen molar-refractivity contribution in [2.75, 3.05) is 6.54 Å². The van der Waals surface area contributed by atoms with E-state index in [4.69, 9.17) is 11.6 Å². The van der Waals surface area contributed by atoms with E-state index in [0.29, 0.717) is 18.2 Å². The quantitative estimate of drug-likeness (QED) is 0.357. The molecule has 0 aliphatic heterocycles. The van der Waals surface area contributed by atoms with Gasteiger partial charge in [0.1, 0.15) is 12.4 Å². The van der Waals surface area contributed by atoms with Gasteiger partial charge < -0.3 is 24.7 Å². The molecule has 0 aliphatic carbocycles.